The fourth-order valence-corrected chi connectivity index (χ4v) is 3.55. The molecule has 0 spiro atoms. The van der Waals surface area contributed by atoms with Crippen LogP contribution in [0, 0.1) is 23.4 Å². The highest BCUT2D eigenvalue weighted by atomic mass is 35.5. The summed E-state index contributed by atoms with van der Waals surface area (Å²) in [7, 11) is 2.12. The van der Waals surface area contributed by atoms with Gasteiger partial charge in [0.15, 0.2) is 5.78 Å². The Bertz CT molecular complexity index is 785. The Morgan fingerprint density at radius 2 is 1.57 bits per heavy atom. The molecule has 0 aromatic heterocycles. The average Bonchev–Trinajstić information content (AvgIpc) is 2.56. The molecule has 1 aliphatic rings. The molecule has 1 fully saturated rings. The first-order valence-corrected chi connectivity index (χ1v) is 8.86. The Kier molecular flexibility index (Phi) is 9.48. The Balaban J connectivity index is 0.00000196. The molecule has 2 aromatic rings. The summed E-state index contributed by atoms with van der Waals surface area (Å²) in [5, 5.41) is 0. The molecule has 1 saturated heterocycles. The van der Waals surface area contributed by atoms with Crippen LogP contribution >= 0.6 is 24.8 Å². The van der Waals surface area contributed by atoms with E-state index in [4.69, 9.17) is 0 Å². The first-order chi connectivity index (χ1) is 12.4. The van der Waals surface area contributed by atoms with E-state index >= 15 is 0 Å². The van der Waals surface area contributed by atoms with Crippen LogP contribution < -0.4 is 0 Å². The van der Waals surface area contributed by atoms with Crippen LogP contribution in [0.1, 0.15) is 34.3 Å². The van der Waals surface area contributed by atoms with Gasteiger partial charge in [-0.15, -0.1) is 24.8 Å². The predicted molar refractivity (Wildman–Crippen MR) is 109 cm³/mol. The number of benzene rings is 2. The minimum atomic E-state index is -1.16. The third kappa shape index (κ3) is 6.23. The third-order valence-electron chi connectivity index (χ3n) is 5.00. The normalized spacial score (nSPS) is 14.9. The van der Waals surface area contributed by atoms with Crippen molar-refractivity contribution in [2.75, 3.05) is 20.1 Å². The SMILES string of the molecule is CN1CCC(Cc2cccc(CC(=O)c3c(F)cc(F)cc3F)c2)CC1.Cl.Cl. The zero-order valence-corrected chi connectivity index (χ0v) is 17.2. The van der Waals surface area contributed by atoms with Gasteiger partial charge in [0.25, 0.3) is 0 Å². The number of piperidine rings is 1. The Labute approximate surface area is 175 Å². The summed E-state index contributed by atoms with van der Waals surface area (Å²) in [4.78, 5) is 14.6. The van der Waals surface area contributed by atoms with Gasteiger partial charge < -0.3 is 4.90 Å². The molecule has 0 N–H and O–H groups in total. The first kappa shape index (κ1) is 24.5. The number of hydrogen-bond acceptors (Lipinski definition) is 2. The second-order valence-electron chi connectivity index (χ2n) is 7.12. The highest BCUT2D eigenvalue weighted by Gasteiger charge is 2.20. The quantitative estimate of drug-likeness (QED) is 0.599. The maximum Gasteiger partial charge on any atom is 0.173 e. The lowest BCUT2D eigenvalue weighted by molar-refractivity contribution is 0.0984. The topological polar surface area (TPSA) is 20.3 Å². The van der Waals surface area contributed by atoms with Crippen LogP contribution in [0.4, 0.5) is 13.2 Å². The number of carbonyl (C=O) groups excluding carboxylic acids is 1. The highest BCUT2D eigenvalue weighted by molar-refractivity contribution is 5.98. The number of hydrogen-bond donors (Lipinski definition) is 0. The van der Waals surface area contributed by atoms with Crippen molar-refractivity contribution in [3.05, 3.63) is 70.5 Å². The van der Waals surface area contributed by atoms with Gasteiger partial charge >= 0.3 is 0 Å². The fraction of sp³-hybridized carbons (Fsp3) is 0.381. The smallest absolute Gasteiger partial charge is 0.173 e. The van der Waals surface area contributed by atoms with Crippen molar-refractivity contribution in [1.29, 1.82) is 0 Å². The Morgan fingerprint density at radius 1 is 1.00 bits per heavy atom. The van der Waals surface area contributed by atoms with Crippen LogP contribution in [0.5, 0.6) is 0 Å². The second-order valence-corrected chi connectivity index (χ2v) is 7.12. The van der Waals surface area contributed by atoms with Gasteiger partial charge in [-0.1, -0.05) is 24.3 Å². The van der Waals surface area contributed by atoms with Gasteiger partial charge in [-0.25, -0.2) is 13.2 Å². The maximum atomic E-state index is 13.8. The molecule has 28 heavy (non-hydrogen) atoms. The fourth-order valence-electron chi connectivity index (χ4n) is 3.55. The van der Waals surface area contributed by atoms with Gasteiger partial charge in [-0.3, -0.25) is 4.79 Å². The lowest BCUT2D eigenvalue weighted by Crippen LogP contribution is -2.30. The lowest BCUT2D eigenvalue weighted by atomic mass is 9.89. The van der Waals surface area contributed by atoms with Crippen LogP contribution in [0.3, 0.4) is 0 Å². The van der Waals surface area contributed by atoms with E-state index in [9.17, 15) is 18.0 Å². The van der Waals surface area contributed by atoms with Crippen molar-refractivity contribution in [1.82, 2.24) is 4.90 Å². The maximum absolute atomic E-state index is 13.8. The van der Waals surface area contributed by atoms with Crippen LogP contribution in [-0.4, -0.2) is 30.8 Å². The predicted octanol–water partition coefficient (Wildman–Crippen LogP) is 5.26. The second kappa shape index (κ2) is 10.8. The molecule has 1 heterocycles. The molecule has 2 nitrogen and oxygen atoms in total. The standard InChI is InChI=1S/C21H22F3NO.2ClH/c1-25-7-5-14(6-8-25)9-15-3-2-4-16(10-15)11-20(26)21-18(23)12-17(22)13-19(21)24;;/h2-4,10,12-14H,5-9,11H2,1H3;2*1H. The van der Waals surface area contributed by atoms with Gasteiger partial charge in [0.1, 0.15) is 17.5 Å². The van der Waals surface area contributed by atoms with Crippen molar-refractivity contribution in [2.24, 2.45) is 5.92 Å². The van der Waals surface area contributed by atoms with Gasteiger partial charge in [0, 0.05) is 18.6 Å². The minimum Gasteiger partial charge on any atom is -0.306 e. The molecular formula is C21H24Cl2F3NO. The van der Waals surface area contributed by atoms with Crippen LogP contribution in [0.2, 0.25) is 0 Å². The van der Waals surface area contributed by atoms with Crippen molar-refractivity contribution in [3.8, 4) is 0 Å². The number of nitrogens with zero attached hydrogens (tertiary/aromatic N) is 1. The van der Waals surface area contributed by atoms with Gasteiger partial charge in [0.2, 0.25) is 0 Å². The minimum absolute atomic E-state index is 0. The Morgan fingerprint density at radius 3 is 2.18 bits per heavy atom. The molecule has 1 aliphatic heterocycles. The monoisotopic (exact) mass is 433 g/mol. The Hall–Kier alpha value is -1.56. The van der Waals surface area contributed by atoms with E-state index in [1.54, 1.807) is 6.07 Å². The molecule has 0 unspecified atom stereocenters. The van der Waals surface area contributed by atoms with E-state index in [1.165, 1.54) is 0 Å². The molecule has 2 aromatic carbocycles. The lowest BCUT2D eigenvalue weighted by Gasteiger charge is -2.29. The molecule has 0 atom stereocenters. The molecule has 0 bridgehead atoms. The molecule has 0 aliphatic carbocycles. The number of rotatable bonds is 5. The van der Waals surface area contributed by atoms with E-state index in [0.717, 1.165) is 37.9 Å². The summed E-state index contributed by atoms with van der Waals surface area (Å²) in [6.45, 7) is 2.18. The van der Waals surface area contributed by atoms with E-state index in [0.29, 0.717) is 23.6 Å². The average molecular weight is 434 g/mol. The van der Waals surface area contributed by atoms with E-state index in [2.05, 4.69) is 11.9 Å². The number of halogens is 5. The summed E-state index contributed by atoms with van der Waals surface area (Å²) in [6, 6.07) is 8.65. The van der Waals surface area contributed by atoms with Crippen molar-refractivity contribution in [3.63, 3.8) is 0 Å². The highest BCUT2D eigenvalue weighted by Crippen LogP contribution is 2.22. The third-order valence-corrected chi connectivity index (χ3v) is 5.00. The zero-order valence-electron chi connectivity index (χ0n) is 15.6. The molecule has 0 radical (unpaired) electrons. The molecular weight excluding hydrogens is 410 g/mol. The molecule has 0 amide bonds. The largest absolute Gasteiger partial charge is 0.306 e. The van der Waals surface area contributed by atoms with Gasteiger partial charge in [0.05, 0.1) is 5.56 Å². The van der Waals surface area contributed by atoms with Crippen molar-refractivity contribution in [2.45, 2.75) is 25.7 Å². The molecule has 7 heteroatoms. The molecule has 3 rings (SSSR count). The summed E-state index contributed by atoms with van der Waals surface area (Å²) in [5.41, 5.74) is 1.17. The van der Waals surface area contributed by atoms with Gasteiger partial charge in [-0.2, -0.15) is 0 Å². The molecule has 0 saturated carbocycles. The summed E-state index contributed by atoms with van der Waals surface area (Å²) < 4.78 is 40.6. The van der Waals surface area contributed by atoms with Crippen LogP contribution in [0.15, 0.2) is 36.4 Å². The van der Waals surface area contributed by atoms with E-state index in [1.807, 2.05) is 18.2 Å². The van der Waals surface area contributed by atoms with Crippen LogP contribution in [0.25, 0.3) is 0 Å². The van der Waals surface area contributed by atoms with E-state index in [-0.39, 0.29) is 31.2 Å². The van der Waals surface area contributed by atoms with Crippen LogP contribution in [-0.2, 0) is 12.8 Å². The number of likely N-dealkylation sites (tertiary alicyclic amines) is 1. The van der Waals surface area contributed by atoms with E-state index < -0.39 is 28.8 Å². The summed E-state index contributed by atoms with van der Waals surface area (Å²) >= 11 is 0. The summed E-state index contributed by atoms with van der Waals surface area (Å²) in [5.74, 6) is -3.41. The zero-order chi connectivity index (χ0) is 18.7. The number of carbonyl (C=O) groups is 1. The van der Waals surface area contributed by atoms with Crippen molar-refractivity contribution < 1.29 is 18.0 Å². The number of ketones is 1. The van der Waals surface area contributed by atoms with Gasteiger partial charge in [-0.05, 0) is 56.4 Å². The first-order valence-electron chi connectivity index (χ1n) is 8.86. The van der Waals surface area contributed by atoms with Crippen molar-refractivity contribution >= 4 is 30.6 Å². The summed E-state index contributed by atoms with van der Waals surface area (Å²) in [6.07, 6.45) is 3.12. The molecule has 154 valence electrons. The number of Topliss-reactive ketones (excluding diaryl/α,β-unsaturated/α-hetero) is 1.